The molecule has 284 valence electrons. The second-order valence-corrected chi connectivity index (χ2v) is 12.7. The maximum absolute atomic E-state index is 11.0. The lowest BCUT2D eigenvalue weighted by Crippen LogP contribution is -1.89. The molecule has 0 saturated heterocycles. The minimum atomic E-state index is -1.10. The van der Waals surface area contributed by atoms with Gasteiger partial charge in [0.1, 0.15) is 0 Å². The van der Waals surface area contributed by atoms with Gasteiger partial charge in [0, 0.05) is 68.8 Å². The molecule has 8 nitrogen and oxygen atoms in total. The fraction of sp³-hybridized carbons (Fsp3) is 0.0196. The molecule has 0 radical (unpaired) electrons. The Morgan fingerprint density at radius 1 is 0.339 bits per heavy atom. The molecule has 0 bridgehead atoms. The zero-order valence-electron chi connectivity index (χ0n) is 31.4. The van der Waals surface area contributed by atoms with Crippen molar-refractivity contribution < 1.29 is 39.6 Å². The molecule has 4 N–H and O–H groups in total. The number of carboxylic acids is 4. The molecule has 5 aromatic rings. The van der Waals surface area contributed by atoms with Crippen LogP contribution >= 0.6 is 0 Å². The maximum Gasteiger partial charge on any atom is 0.328 e. The zero-order valence-corrected chi connectivity index (χ0v) is 31.4. The van der Waals surface area contributed by atoms with E-state index in [0.717, 1.165) is 63.2 Å². The summed E-state index contributed by atoms with van der Waals surface area (Å²) in [6, 6.07) is 30.9. The zero-order chi connectivity index (χ0) is 42.1. The lowest BCUT2D eigenvalue weighted by molar-refractivity contribution is -0.132. The lowest BCUT2D eigenvalue weighted by atomic mass is 10.0. The molecule has 0 heterocycles. The average Bonchev–Trinajstić information content (AvgIpc) is 3.21. The van der Waals surface area contributed by atoms with Crippen molar-refractivity contribution in [1.29, 1.82) is 0 Å². The minimum Gasteiger partial charge on any atom is -0.478 e. The first-order valence-corrected chi connectivity index (χ1v) is 17.7. The Labute approximate surface area is 340 Å². The number of rotatable bonds is 8. The molecule has 59 heavy (non-hydrogen) atoms. The number of carboxylic acid groups (broad SMARTS) is 4. The Morgan fingerprint density at radius 3 is 0.797 bits per heavy atom. The van der Waals surface area contributed by atoms with E-state index in [0.29, 0.717) is 33.4 Å². The summed E-state index contributed by atoms with van der Waals surface area (Å²) in [6.45, 7) is 1.98. The number of benzene rings is 5. The molecule has 5 aromatic carbocycles. The molecule has 0 aliphatic heterocycles. The molecule has 0 spiro atoms. The molecule has 0 fully saturated rings. The summed E-state index contributed by atoms with van der Waals surface area (Å²) < 4.78 is 0. The first kappa shape index (κ1) is 41.3. The van der Waals surface area contributed by atoms with E-state index < -0.39 is 23.9 Å². The third kappa shape index (κ3) is 14.4. The molecule has 0 unspecified atom stereocenters. The van der Waals surface area contributed by atoms with Crippen LogP contribution in [0.15, 0.2) is 127 Å². The van der Waals surface area contributed by atoms with Gasteiger partial charge in [-0.05, 0) is 162 Å². The first-order valence-electron chi connectivity index (χ1n) is 17.7. The van der Waals surface area contributed by atoms with Crippen molar-refractivity contribution in [2.75, 3.05) is 0 Å². The van der Waals surface area contributed by atoms with E-state index in [9.17, 15) is 19.2 Å². The van der Waals surface area contributed by atoms with Crippen LogP contribution in [-0.4, -0.2) is 44.3 Å². The highest BCUT2D eigenvalue weighted by Crippen LogP contribution is 2.16. The Morgan fingerprint density at radius 2 is 0.559 bits per heavy atom. The van der Waals surface area contributed by atoms with Gasteiger partial charge in [-0.25, -0.2) is 19.2 Å². The summed E-state index contributed by atoms with van der Waals surface area (Å²) in [5.41, 5.74) is 9.10. The Kier molecular flexibility index (Phi) is 14.2. The van der Waals surface area contributed by atoms with Gasteiger partial charge < -0.3 is 20.4 Å². The number of carbonyl (C=O) groups is 4. The average molecular weight is 773 g/mol. The van der Waals surface area contributed by atoms with E-state index in [1.54, 1.807) is 36.4 Å². The van der Waals surface area contributed by atoms with Gasteiger partial charge in [0.2, 0.25) is 0 Å². The summed E-state index contributed by atoms with van der Waals surface area (Å²) in [7, 11) is 0. The number of hydrogen-bond acceptors (Lipinski definition) is 4. The van der Waals surface area contributed by atoms with Gasteiger partial charge in [-0.1, -0.05) is 47.4 Å². The van der Waals surface area contributed by atoms with Crippen LogP contribution in [0.1, 0.15) is 72.3 Å². The van der Waals surface area contributed by atoms with Gasteiger partial charge >= 0.3 is 23.9 Å². The number of hydrogen-bond donors (Lipinski definition) is 4. The normalized spacial score (nSPS) is 10.5. The van der Waals surface area contributed by atoms with E-state index >= 15 is 0 Å². The van der Waals surface area contributed by atoms with Gasteiger partial charge in [0.05, 0.1) is 0 Å². The molecule has 8 heteroatoms. The van der Waals surface area contributed by atoms with Crippen molar-refractivity contribution in [3.8, 4) is 47.4 Å². The van der Waals surface area contributed by atoms with Gasteiger partial charge in [0.15, 0.2) is 0 Å². The van der Waals surface area contributed by atoms with Crippen molar-refractivity contribution in [2.45, 2.75) is 6.92 Å². The van der Waals surface area contributed by atoms with E-state index in [4.69, 9.17) is 20.4 Å². The van der Waals surface area contributed by atoms with Crippen molar-refractivity contribution in [1.82, 2.24) is 0 Å². The molecular formula is C51H32O8. The van der Waals surface area contributed by atoms with Gasteiger partial charge in [-0.15, -0.1) is 0 Å². The Hall–Kier alpha value is -8.82. The van der Waals surface area contributed by atoms with Crippen LogP contribution in [0.25, 0.3) is 24.3 Å². The summed E-state index contributed by atoms with van der Waals surface area (Å²) >= 11 is 0. The quantitative estimate of drug-likeness (QED) is 0.0917. The van der Waals surface area contributed by atoms with Crippen LogP contribution in [0.3, 0.4) is 0 Å². The van der Waals surface area contributed by atoms with Crippen LogP contribution in [0.5, 0.6) is 0 Å². The van der Waals surface area contributed by atoms with Crippen LogP contribution < -0.4 is 0 Å². The van der Waals surface area contributed by atoms with Crippen LogP contribution in [0.2, 0.25) is 0 Å². The standard InChI is InChI=1S/C51H32O8/c1-35-26-40(14-10-36-2-6-38(7-3-36)12-16-42-29-44(18-22-48(52)53)33-45(30-42)19-23-49(54)55)28-41(27-35)15-11-37-4-8-39(9-5-37)13-17-43-31-46(20-24-50(56)57)34-47(32-43)21-25-51(58)59/h2-9,18-34H,1H3,(H,52,53)(H,54,55)(H,56,57)(H,58,59). The molecule has 0 saturated carbocycles. The highest BCUT2D eigenvalue weighted by Gasteiger charge is 2.01. The van der Waals surface area contributed by atoms with E-state index in [2.05, 4.69) is 47.4 Å². The third-order valence-corrected chi connectivity index (χ3v) is 7.88. The van der Waals surface area contributed by atoms with Crippen molar-refractivity contribution in [3.05, 3.63) is 200 Å². The van der Waals surface area contributed by atoms with Gasteiger partial charge in [0.25, 0.3) is 0 Å². The topological polar surface area (TPSA) is 149 Å². The maximum atomic E-state index is 11.0. The van der Waals surface area contributed by atoms with Gasteiger partial charge in [-0.3, -0.25) is 0 Å². The second-order valence-electron chi connectivity index (χ2n) is 12.7. The predicted molar refractivity (Wildman–Crippen MR) is 228 cm³/mol. The largest absolute Gasteiger partial charge is 0.478 e. The molecular weight excluding hydrogens is 741 g/mol. The summed E-state index contributed by atoms with van der Waals surface area (Å²) in [4.78, 5) is 44.0. The second kappa shape index (κ2) is 20.2. The molecule has 0 aromatic heterocycles. The highest BCUT2D eigenvalue weighted by molar-refractivity contribution is 5.88. The van der Waals surface area contributed by atoms with Crippen LogP contribution in [0, 0.1) is 54.3 Å². The van der Waals surface area contributed by atoms with Crippen molar-refractivity contribution >= 4 is 48.2 Å². The summed E-state index contributed by atoms with van der Waals surface area (Å²) in [5, 5.41) is 36.0. The number of aliphatic carboxylic acids is 4. The van der Waals surface area contributed by atoms with E-state index in [1.165, 1.54) is 24.3 Å². The van der Waals surface area contributed by atoms with E-state index in [1.807, 2.05) is 73.7 Å². The van der Waals surface area contributed by atoms with Crippen LogP contribution in [-0.2, 0) is 19.2 Å². The minimum absolute atomic E-state index is 0.568. The Bertz CT molecular complexity index is 2560. The lowest BCUT2D eigenvalue weighted by Gasteiger charge is -2.00. The fourth-order valence-electron chi connectivity index (χ4n) is 5.33. The predicted octanol–water partition coefficient (Wildman–Crippen LogP) is 7.99. The van der Waals surface area contributed by atoms with Crippen molar-refractivity contribution in [2.24, 2.45) is 0 Å². The van der Waals surface area contributed by atoms with Crippen LogP contribution in [0.4, 0.5) is 0 Å². The monoisotopic (exact) mass is 772 g/mol. The Balaban J connectivity index is 1.27. The summed E-state index contributed by atoms with van der Waals surface area (Å²) in [5.74, 6) is 20.7. The molecule has 0 aliphatic rings. The molecule has 0 aliphatic carbocycles. The molecule has 0 amide bonds. The highest BCUT2D eigenvalue weighted by atomic mass is 16.4. The smallest absolute Gasteiger partial charge is 0.328 e. The fourth-order valence-corrected chi connectivity index (χ4v) is 5.33. The number of aryl methyl sites for hydroxylation is 1. The van der Waals surface area contributed by atoms with Gasteiger partial charge in [-0.2, -0.15) is 0 Å². The molecule has 0 atom stereocenters. The third-order valence-electron chi connectivity index (χ3n) is 7.88. The summed E-state index contributed by atoms with van der Waals surface area (Å²) in [6.07, 6.45) is 9.68. The van der Waals surface area contributed by atoms with E-state index in [-0.39, 0.29) is 0 Å². The van der Waals surface area contributed by atoms with Crippen molar-refractivity contribution in [3.63, 3.8) is 0 Å². The molecule has 5 rings (SSSR count). The first-order chi connectivity index (χ1) is 28.3. The SMILES string of the molecule is Cc1cc(C#Cc2ccc(C#Cc3cc(C=CC(=O)O)cc(C=CC(=O)O)c3)cc2)cc(C#Cc2ccc(C#Cc3cc(C=CC(=O)O)cc(C=CC(=O)O)c3)cc2)c1.